The number of rotatable bonds is 5. The summed E-state index contributed by atoms with van der Waals surface area (Å²) in [5.74, 6) is 0.196. The van der Waals surface area contributed by atoms with E-state index in [1.807, 2.05) is 20.0 Å². The van der Waals surface area contributed by atoms with Crippen molar-refractivity contribution in [2.45, 2.75) is 18.7 Å². The van der Waals surface area contributed by atoms with Crippen LogP contribution in [0.3, 0.4) is 0 Å². The van der Waals surface area contributed by atoms with Gasteiger partial charge in [0.1, 0.15) is 6.04 Å². The average Bonchev–Trinajstić information content (AvgIpc) is 2.45. The van der Waals surface area contributed by atoms with E-state index in [0.29, 0.717) is 5.75 Å². The Labute approximate surface area is 92.6 Å². The van der Waals surface area contributed by atoms with Crippen molar-refractivity contribution < 1.29 is 9.90 Å². The molecule has 5 nitrogen and oxygen atoms in total. The number of hydrogen-bond acceptors (Lipinski definition) is 4. The molecule has 0 aliphatic rings. The summed E-state index contributed by atoms with van der Waals surface area (Å²) in [6.45, 7) is 1.93. The molecule has 1 aromatic heterocycles. The maximum atomic E-state index is 10.5. The van der Waals surface area contributed by atoms with Crippen LogP contribution in [0.25, 0.3) is 0 Å². The van der Waals surface area contributed by atoms with Crippen LogP contribution in [0.5, 0.6) is 0 Å². The van der Waals surface area contributed by atoms with Gasteiger partial charge in [0.05, 0.1) is 5.69 Å². The molecule has 0 aromatic carbocycles. The van der Waals surface area contributed by atoms with Crippen LogP contribution < -0.4 is 5.73 Å². The Morgan fingerprint density at radius 2 is 2.47 bits per heavy atom. The fraction of sp³-hybridized carbons (Fsp3) is 0.556. The summed E-state index contributed by atoms with van der Waals surface area (Å²) in [6.07, 6.45) is 0. The highest BCUT2D eigenvalue weighted by Crippen LogP contribution is 2.13. The zero-order valence-electron chi connectivity index (χ0n) is 8.80. The molecule has 0 aliphatic carbocycles. The Bertz CT molecular complexity index is 351. The number of aromatic nitrogens is 2. The van der Waals surface area contributed by atoms with Gasteiger partial charge in [-0.2, -0.15) is 16.9 Å². The number of aliphatic carboxylic acids is 1. The number of carboxylic acid groups (broad SMARTS) is 1. The molecule has 1 aromatic rings. The summed E-state index contributed by atoms with van der Waals surface area (Å²) in [5.41, 5.74) is 7.43. The van der Waals surface area contributed by atoms with Gasteiger partial charge in [-0.3, -0.25) is 9.48 Å². The molecule has 0 fully saturated rings. The van der Waals surface area contributed by atoms with E-state index in [-0.39, 0.29) is 0 Å². The fourth-order valence-electron chi connectivity index (χ4n) is 1.16. The van der Waals surface area contributed by atoms with Gasteiger partial charge in [-0.05, 0) is 13.0 Å². The van der Waals surface area contributed by atoms with E-state index in [1.54, 1.807) is 4.68 Å². The SMILES string of the molecule is Cc1cc(CSC[C@H](N)C(=O)O)n(C)n1. The van der Waals surface area contributed by atoms with Crippen LogP contribution in [0, 0.1) is 6.92 Å². The second-order valence-electron chi connectivity index (χ2n) is 3.36. The van der Waals surface area contributed by atoms with E-state index in [2.05, 4.69) is 5.10 Å². The topological polar surface area (TPSA) is 81.1 Å². The largest absolute Gasteiger partial charge is 0.480 e. The minimum absolute atomic E-state index is 0.416. The molecule has 1 rings (SSSR count). The highest BCUT2D eigenvalue weighted by molar-refractivity contribution is 7.98. The lowest BCUT2D eigenvalue weighted by Crippen LogP contribution is -2.32. The van der Waals surface area contributed by atoms with Gasteiger partial charge in [0.15, 0.2) is 0 Å². The molecule has 1 atom stereocenters. The summed E-state index contributed by atoms with van der Waals surface area (Å²) < 4.78 is 1.80. The second-order valence-corrected chi connectivity index (χ2v) is 4.39. The molecule has 0 bridgehead atoms. The number of nitrogens with two attached hydrogens (primary N) is 1. The van der Waals surface area contributed by atoms with Crippen LogP contribution in [0.4, 0.5) is 0 Å². The zero-order valence-corrected chi connectivity index (χ0v) is 9.62. The Balaban J connectivity index is 2.38. The third-order valence-electron chi connectivity index (χ3n) is 1.96. The van der Waals surface area contributed by atoms with Crippen LogP contribution in [-0.4, -0.2) is 32.7 Å². The molecular weight excluding hydrogens is 214 g/mol. The Kier molecular flexibility index (Phi) is 4.16. The van der Waals surface area contributed by atoms with Crippen molar-refractivity contribution in [3.8, 4) is 0 Å². The first-order valence-electron chi connectivity index (χ1n) is 4.56. The number of carbonyl (C=O) groups is 1. The lowest BCUT2D eigenvalue weighted by molar-refractivity contribution is -0.137. The summed E-state index contributed by atoms with van der Waals surface area (Å²) >= 11 is 1.50. The number of hydrogen-bond donors (Lipinski definition) is 2. The van der Waals surface area contributed by atoms with Crippen molar-refractivity contribution in [2.24, 2.45) is 12.8 Å². The van der Waals surface area contributed by atoms with Crippen LogP contribution in [0.1, 0.15) is 11.4 Å². The molecule has 3 N–H and O–H groups in total. The van der Waals surface area contributed by atoms with Crippen molar-refractivity contribution in [3.63, 3.8) is 0 Å². The summed E-state index contributed by atoms with van der Waals surface area (Å²) in [7, 11) is 1.88. The van der Waals surface area contributed by atoms with E-state index in [0.717, 1.165) is 17.1 Å². The van der Waals surface area contributed by atoms with Crippen molar-refractivity contribution in [1.29, 1.82) is 0 Å². The highest BCUT2D eigenvalue weighted by Gasteiger charge is 2.11. The van der Waals surface area contributed by atoms with E-state index in [4.69, 9.17) is 10.8 Å². The minimum Gasteiger partial charge on any atom is -0.480 e. The number of aryl methyl sites for hydroxylation is 2. The molecule has 0 amide bonds. The lowest BCUT2D eigenvalue weighted by atomic mass is 10.4. The molecule has 0 saturated carbocycles. The van der Waals surface area contributed by atoms with Crippen molar-refractivity contribution in [2.75, 3.05) is 5.75 Å². The molecule has 0 aliphatic heterocycles. The smallest absolute Gasteiger partial charge is 0.321 e. The monoisotopic (exact) mass is 229 g/mol. The quantitative estimate of drug-likeness (QED) is 0.762. The Morgan fingerprint density at radius 1 is 1.80 bits per heavy atom. The van der Waals surface area contributed by atoms with Crippen molar-refractivity contribution in [3.05, 3.63) is 17.5 Å². The first-order chi connectivity index (χ1) is 7.00. The van der Waals surface area contributed by atoms with E-state index in [9.17, 15) is 4.79 Å². The van der Waals surface area contributed by atoms with Gasteiger partial charge in [-0.15, -0.1) is 0 Å². The third-order valence-corrected chi connectivity index (χ3v) is 3.06. The molecule has 0 spiro atoms. The number of carboxylic acids is 1. The van der Waals surface area contributed by atoms with Gasteiger partial charge in [0.25, 0.3) is 0 Å². The standard InChI is InChI=1S/C9H15N3O2S/c1-6-3-7(12(2)11-6)4-15-5-8(10)9(13)14/h3,8H,4-5,10H2,1-2H3,(H,13,14)/t8-/m0/s1. The van der Waals surface area contributed by atoms with E-state index in [1.165, 1.54) is 11.8 Å². The number of thioether (sulfide) groups is 1. The molecule has 84 valence electrons. The van der Waals surface area contributed by atoms with Crippen molar-refractivity contribution >= 4 is 17.7 Å². The molecule has 0 radical (unpaired) electrons. The zero-order chi connectivity index (χ0) is 11.4. The first-order valence-corrected chi connectivity index (χ1v) is 5.72. The van der Waals surface area contributed by atoms with E-state index >= 15 is 0 Å². The molecule has 1 heterocycles. The van der Waals surface area contributed by atoms with Crippen LogP contribution in [0.2, 0.25) is 0 Å². The van der Waals surface area contributed by atoms with Gasteiger partial charge in [0.2, 0.25) is 0 Å². The minimum atomic E-state index is -0.955. The maximum Gasteiger partial charge on any atom is 0.321 e. The first kappa shape index (κ1) is 12.1. The summed E-state index contributed by atoms with van der Waals surface area (Å²) in [5, 5.41) is 12.8. The fourth-order valence-corrected chi connectivity index (χ4v) is 2.15. The van der Waals surface area contributed by atoms with Crippen molar-refractivity contribution in [1.82, 2.24) is 9.78 Å². The van der Waals surface area contributed by atoms with Crippen LogP contribution in [-0.2, 0) is 17.6 Å². The predicted octanol–water partition coefficient (Wildman–Crippen LogP) is 0.374. The van der Waals surface area contributed by atoms with Gasteiger partial charge >= 0.3 is 5.97 Å². The van der Waals surface area contributed by atoms with Gasteiger partial charge in [-0.25, -0.2) is 0 Å². The summed E-state index contributed by atoms with van der Waals surface area (Å²) in [4.78, 5) is 10.5. The van der Waals surface area contributed by atoms with Crippen LogP contribution in [0.15, 0.2) is 6.07 Å². The highest BCUT2D eigenvalue weighted by atomic mass is 32.2. The predicted molar refractivity (Wildman–Crippen MR) is 59.7 cm³/mol. The van der Waals surface area contributed by atoms with Gasteiger partial charge < -0.3 is 10.8 Å². The van der Waals surface area contributed by atoms with E-state index < -0.39 is 12.0 Å². The normalized spacial score (nSPS) is 12.7. The summed E-state index contributed by atoms with van der Waals surface area (Å²) in [6, 6.07) is 1.20. The maximum absolute atomic E-state index is 10.5. The molecular formula is C9H15N3O2S. The lowest BCUT2D eigenvalue weighted by Gasteiger charge is -2.05. The molecule has 0 saturated heterocycles. The Morgan fingerprint density at radius 3 is 2.93 bits per heavy atom. The molecule has 6 heteroatoms. The average molecular weight is 229 g/mol. The molecule has 0 unspecified atom stereocenters. The second kappa shape index (κ2) is 5.18. The van der Waals surface area contributed by atoms with Crippen LogP contribution >= 0.6 is 11.8 Å². The van der Waals surface area contributed by atoms with Gasteiger partial charge in [0, 0.05) is 24.2 Å². The number of nitrogens with zero attached hydrogens (tertiary/aromatic N) is 2. The molecule has 15 heavy (non-hydrogen) atoms. The third kappa shape index (κ3) is 3.56. The van der Waals surface area contributed by atoms with Gasteiger partial charge in [-0.1, -0.05) is 0 Å². The Hall–Kier alpha value is -1.01.